The van der Waals surface area contributed by atoms with Crippen molar-refractivity contribution in [1.82, 2.24) is 5.32 Å². The number of rotatable bonds is 5. The summed E-state index contributed by atoms with van der Waals surface area (Å²) in [5.41, 5.74) is 0. The van der Waals surface area contributed by atoms with E-state index in [1.807, 2.05) is 7.05 Å². The van der Waals surface area contributed by atoms with Gasteiger partial charge in [0.2, 0.25) is 0 Å². The van der Waals surface area contributed by atoms with Crippen molar-refractivity contribution in [3.8, 4) is 0 Å². The normalized spacial score (nSPS) is 28.4. The Morgan fingerprint density at radius 1 is 1.36 bits per heavy atom. The highest BCUT2D eigenvalue weighted by atomic mass is 14.8. The van der Waals surface area contributed by atoms with E-state index >= 15 is 0 Å². The molecular formula is C13H25N. The molecule has 1 saturated carbocycles. The second kappa shape index (κ2) is 7.05. The van der Waals surface area contributed by atoms with Crippen LogP contribution in [-0.2, 0) is 0 Å². The van der Waals surface area contributed by atoms with Crippen molar-refractivity contribution < 1.29 is 0 Å². The predicted molar refractivity (Wildman–Crippen MR) is 63.4 cm³/mol. The number of hydrogen-bond donors (Lipinski definition) is 1. The largest absolute Gasteiger partial charge is 0.319 e. The Labute approximate surface area is 89.0 Å². The van der Waals surface area contributed by atoms with Crippen LogP contribution in [0.4, 0.5) is 0 Å². The summed E-state index contributed by atoms with van der Waals surface area (Å²) in [6, 6.07) is 0. The minimum atomic E-state index is 0.880. The summed E-state index contributed by atoms with van der Waals surface area (Å²) in [6.07, 6.45) is 13.2. The zero-order chi connectivity index (χ0) is 10.2. The molecule has 0 aromatic rings. The fourth-order valence-corrected chi connectivity index (χ4v) is 2.39. The van der Waals surface area contributed by atoms with E-state index < -0.39 is 0 Å². The summed E-state index contributed by atoms with van der Waals surface area (Å²) >= 11 is 0. The SMILES string of the molecule is CCC1CCCC(C=CCCNC)C1. The topological polar surface area (TPSA) is 12.0 Å². The van der Waals surface area contributed by atoms with Gasteiger partial charge < -0.3 is 5.32 Å². The van der Waals surface area contributed by atoms with Gasteiger partial charge in [-0.3, -0.25) is 0 Å². The van der Waals surface area contributed by atoms with E-state index in [1.165, 1.54) is 38.5 Å². The van der Waals surface area contributed by atoms with E-state index in [1.54, 1.807) is 0 Å². The molecule has 0 aromatic heterocycles. The summed E-state index contributed by atoms with van der Waals surface area (Å²) in [6.45, 7) is 3.44. The third-order valence-electron chi connectivity index (χ3n) is 3.37. The van der Waals surface area contributed by atoms with Crippen molar-refractivity contribution in [2.24, 2.45) is 11.8 Å². The molecule has 1 fully saturated rings. The lowest BCUT2D eigenvalue weighted by Gasteiger charge is -2.26. The molecule has 0 aromatic carbocycles. The Kier molecular flexibility index (Phi) is 5.93. The van der Waals surface area contributed by atoms with Gasteiger partial charge >= 0.3 is 0 Å². The highest BCUT2D eigenvalue weighted by Gasteiger charge is 2.18. The first-order valence-corrected chi connectivity index (χ1v) is 6.18. The van der Waals surface area contributed by atoms with E-state index in [0.29, 0.717) is 0 Å². The molecule has 0 heterocycles. The standard InChI is InChI=1S/C13H25N/c1-3-12-8-6-9-13(11-12)7-4-5-10-14-2/h4,7,12-14H,3,5-6,8-11H2,1-2H3. The zero-order valence-electron chi connectivity index (χ0n) is 9.76. The Hall–Kier alpha value is -0.300. The first kappa shape index (κ1) is 11.8. The molecule has 1 N–H and O–H groups in total. The second-order valence-corrected chi connectivity index (χ2v) is 4.52. The summed E-state index contributed by atoms with van der Waals surface area (Å²) in [4.78, 5) is 0. The Morgan fingerprint density at radius 2 is 2.21 bits per heavy atom. The lowest BCUT2D eigenvalue weighted by atomic mass is 9.80. The van der Waals surface area contributed by atoms with Crippen molar-refractivity contribution in [2.45, 2.75) is 45.4 Å². The Morgan fingerprint density at radius 3 is 2.93 bits per heavy atom. The molecule has 1 rings (SSSR count). The van der Waals surface area contributed by atoms with Crippen LogP contribution in [0.25, 0.3) is 0 Å². The molecule has 14 heavy (non-hydrogen) atoms. The van der Waals surface area contributed by atoms with Crippen molar-refractivity contribution in [1.29, 1.82) is 0 Å². The molecule has 1 aliphatic carbocycles. The van der Waals surface area contributed by atoms with Gasteiger partial charge in [0.25, 0.3) is 0 Å². The molecule has 0 amide bonds. The van der Waals surface area contributed by atoms with Gasteiger partial charge in [-0.05, 0) is 44.7 Å². The molecular weight excluding hydrogens is 170 g/mol. The average molecular weight is 195 g/mol. The van der Waals surface area contributed by atoms with E-state index in [4.69, 9.17) is 0 Å². The van der Waals surface area contributed by atoms with Gasteiger partial charge in [0.1, 0.15) is 0 Å². The van der Waals surface area contributed by atoms with Crippen LogP contribution in [-0.4, -0.2) is 13.6 Å². The molecule has 82 valence electrons. The number of hydrogen-bond acceptors (Lipinski definition) is 1. The van der Waals surface area contributed by atoms with E-state index in [0.717, 1.165) is 18.4 Å². The van der Waals surface area contributed by atoms with Crippen LogP contribution in [0.5, 0.6) is 0 Å². The van der Waals surface area contributed by atoms with Crippen LogP contribution in [0.3, 0.4) is 0 Å². The second-order valence-electron chi connectivity index (χ2n) is 4.52. The fraction of sp³-hybridized carbons (Fsp3) is 0.846. The highest BCUT2D eigenvalue weighted by molar-refractivity contribution is 4.91. The number of allylic oxidation sites excluding steroid dienone is 1. The maximum Gasteiger partial charge on any atom is -0.00173 e. The average Bonchev–Trinajstić information content (AvgIpc) is 2.25. The van der Waals surface area contributed by atoms with Crippen LogP contribution in [0.1, 0.15) is 45.4 Å². The van der Waals surface area contributed by atoms with Gasteiger partial charge in [-0.25, -0.2) is 0 Å². The Bertz CT molecular complexity index is 163. The predicted octanol–water partition coefficient (Wildman–Crippen LogP) is 3.37. The molecule has 0 radical (unpaired) electrons. The minimum absolute atomic E-state index is 0.880. The quantitative estimate of drug-likeness (QED) is 0.524. The maximum atomic E-state index is 3.17. The van der Waals surface area contributed by atoms with Gasteiger partial charge in [-0.1, -0.05) is 38.3 Å². The summed E-state index contributed by atoms with van der Waals surface area (Å²) in [5, 5.41) is 3.17. The molecule has 1 heteroatoms. The van der Waals surface area contributed by atoms with Crippen LogP contribution in [0.15, 0.2) is 12.2 Å². The first-order chi connectivity index (χ1) is 6.86. The highest BCUT2D eigenvalue weighted by Crippen LogP contribution is 2.31. The van der Waals surface area contributed by atoms with E-state index in [2.05, 4.69) is 24.4 Å². The molecule has 1 nitrogen and oxygen atoms in total. The summed E-state index contributed by atoms with van der Waals surface area (Å²) < 4.78 is 0. The van der Waals surface area contributed by atoms with Crippen LogP contribution in [0.2, 0.25) is 0 Å². The molecule has 0 bridgehead atoms. The zero-order valence-corrected chi connectivity index (χ0v) is 9.76. The lowest BCUT2D eigenvalue weighted by Crippen LogP contribution is -2.13. The van der Waals surface area contributed by atoms with Crippen molar-refractivity contribution in [3.05, 3.63) is 12.2 Å². The summed E-state index contributed by atoms with van der Waals surface area (Å²) in [5.74, 6) is 1.88. The number of nitrogens with one attached hydrogen (secondary N) is 1. The third-order valence-corrected chi connectivity index (χ3v) is 3.37. The van der Waals surface area contributed by atoms with E-state index in [-0.39, 0.29) is 0 Å². The van der Waals surface area contributed by atoms with Gasteiger partial charge in [0.05, 0.1) is 0 Å². The van der Waals surface area contributed by atoms with Gasteiger partial charge in [-0.15, -0.1) is 0 Å². The molecule has 1 aliphatic rings. The lowest BCUT2D eigenvalue weighted by molar-refractivity contribution is 0.297. The van der Waals surface area contributed by atoms with E-state index in [9.17, 15) is 0 Å². The minimum Gasteiger partial charge on any atom is -0.319 e. The van der Waals surface area contributed by atoms with Gasteiger partial charge in [0.15, 0.2) is 0 Å². The molecule has 0 spiro atoms. The summed E-state index contributed by atoms with van der Waals surface area (Å²) in [7, 11) is 2.02. The monoisotopic (exact) mass is 195 g/mol. The van der Waals surface area contributed by atoms with Crippen molar-refractivity contribution in [2.75, 3.05) is 13.6 Å². The maximum absolute atomic E-state index is 3.17. The molecule has 0 saturated heterocycles. The molecule has 2 unspecified atom stereocenters. The fourth-order valence-electron chi connectivity index (χ4n) is 2.39. The van der Waals surface area contributed by atoms with Gasteiger partial charge in [-0.2, -0.15) is 0 Å². The van der Waals surface area contributed by atoms with Crippen LogP contribution in [0, 0.1) is 11.8 Å². The molecule has 0 aliphatic heterocycles. The van der Waals surface area contributed by atoms with Crippen molar-refractivity contribution in [3.63, 3.8) is 0 Å². The molecule has 2 atom stereocenters. The Balaban J connectivity index is 2.19. The smallest absolute Gasteiger partial charge is 0.00173 e. The van der Waals surface area contributed by atoms with Crippen LogP contribution >= 0.6 is 0 Å². The third kappa shape index (κ3) is 4.28. The van der Waals surface area contributed by atoms with Crippen LogP contribution < -0.4 is 5.32 Å². The first-order valence-electron chi connectivity index (χ1n) is 6.18. The van der Waals surface area contributed by atoms with Gasteiger partial charge in [0, 0.05) is 0 Å². The van der Waals surface area contributed by atoms with Crippen molar-refractivity contribution >= 4 is 0 Å².